The third-order valence-corrected chi connectivity index (χ3v) is 2.95. The van der Waals surface area contributed by atoms with Crippen molar-refractivity contribution in [2.24, 2.45) is 0 Å². The molecule has 0 fully saturated rings. The van der Waals surface area contributed by atoms with Crippen molar-refractivity contribution in [3.63, 3.8) is 0 Å². The van der Waals surface area contributed by atoms with Crippen molar-refractivity contribution in [3.8, 4) is 11.5 Å². The molecule has 0 aliphatic rings. The van der Waals surface area contributed by atoms with Gasteiger partial charge in [0, 0.05) is 5.56 Å². The third kappa shape index (κ3) is 4.53. The Morgan fingerprint density at radius 1 is 1.05 bits per heavy atom. The summed E-state index contributed by atoms with van der Waals surface area (Å²) in [5.41, 5.74) is 1.73. The highest BCUT2D eigenvalue weighted by Crippen LogP contribution is 2.21. The van der Waals surface area contributed by atoms with E-state index >= 15 is 0 Å². The van der Waals surface area contributed by atoms with Crippen molar-refractivity contribution >= 4 is 5.97 Å². The van der Waals surface area contributed by atoms with E-state index in [1.54, 1.807) is 24.3 Å². The van der Waals surface area contributed by atoms with Crippen molar-refractivity contribution < 1.29 is 19.4 Å². The smallest absolute Gasteiger partial charge is 0.307 e. The first-order valence-corrected chi connectivity index (χ1v) is 6.83. The van der Waals surface area contributed by atoms with E-state index in [9.17, 15) is 4.79 Å². The fourth-order valence-electron chi connectivity index (χ4n) is 1.96. The molecule has 21 heavy (non-hydrogen) atoms. The minimum Gasteiger partial charge on any atom is -0.493 e. The van der Waals surface area contributed by atoms with Crippen LogP contribution in [0.2, 0.25) is 0 Å². The molecule has 0 amide bonds. The molecule has 4 heteroatoms. The molecular formula is C17H18O4. The molecule has 2 rings (SSSR count). The zero-order chi connectivity index (χ0) is 15.1. The SMILES string of the molecule is CCOc1ccccc1COc1ccc(CC(=O)O)cc1. The van der Waals surface area contributed by atoms with Crippen molar-refractivity contribution in [2.75, 3.05) is 6.61 Å². The first-order valence-electron chi connectivity index (χ1n) is 6.83. The van der Waals surface area contributed by atoms with E-state index in [0.29, 0.717) is 19.0 Å². The maximum Gasteiger partial charge on any atom is 0.307 e. The topological polar surface area (TPSA) is 55.8 Å². The standard InChI is InChI=1S/C17H18O4/c1-2-20-16-6-4-3-5-14(16)12-21-15-9-7-13(8-10-15)11-17(18)19/h3-10H,2,11-12H2,1H3,(H,18,19). The van der Waals surface area contributed by atoms with Gasteiger partial charge in [0.1, 0.15) is 18.1 Å². The number of ether oxygens (including phenoxy) is 2. The lowest BCUT2D eigenvalue weighted by molar-refractivity contribution is -0.136. The number of carbonyl (C=O) groups is 1. The van der Waals surface area contributed by atoms with Gasteiger partial charge in [0.05, 0.1) is 13.0 Å². The Labute approximate surface area is 123 Å². The normalized spacial score (nSPS) is 10.1. The lowest BCUT2D eigenvalue weighted by Gasteiger charge is -2.11. The molecule has 2 aromatic rings. The number of para-hydroxylation sites is 1. The van der Waals surface area contributed by atoms with Gasteiger partial charge in [-0.3, -0.25) is 4.79 Å². The molecule has 0 aromatic heterocycles. The minimum absolute atomic E-state index is 0.0213. The lowest BCUT2D eigenvalue weighted by Crippen LogP contribution is -2.02. The maximum absolute atomic E-state index is 10.6. The second kappa shape index (κ2) is 7.33. The van der Waals surface area contributed by atoms with Gasteiger partial charge in [-0.25, -0.2) is 0 Å². The molecule has 1 N–H and O–H groups in total. The highest BCUT2D eigenvalue weighted by atomic mass is 16.5. The fraction of sp³-hybridized carbons (Fsp3) is 0.235. The Morgan fingerprint density at radius 3 is 2.43 bits per heavy atom. The molecule has 4 nitrogen and oxygen atoms in total. The number of rotatable bonds is 7. The van der Waals surface area contributed by atoms with Gasteiger partial charge in [-0.2, -0.15) is 0 Å². The molecule has 110 valence electrons. The van der Waals surface area contributed by atoms with Crippen LogP contribution in [0.15, 0.2) is 48.5 Å². The molecule has 0 aliphatic carbocycles. The van der Waals surface area contributed by atoms with Gasteiger partial charge in [0.2, 0.25) is 0 Å². The van der Waals surface area contributed by atoms with Crippen LogP contribution in [0.25, 0.3) is 0 Å². The van der Waals surface area contributed by atoms with E-state index in [4.69, 9.17) is 14.6 Å². The number of carboxylic acids is 1. The summed E-state index contributed by atoms with van der Waals surface area (Å²) >= 11 is 0. The number of hydrogen-bond acceptors (Lipinski definition) is 3. The van der Waals surface area contributed by atoms with Crippen LogP contribution in [-0.2, 0) is 17.8 Å². The van der Waals surface area contributed by atoms with Crippen LogP contribution in [0, 0.1) is 0 Å². The van der Waals surface area contributed by atoms with Crippen LogP contribution in [0.3, 0.4) is 0 Å². The average molecular weight is 286 g/mol. The Hall–Kier alpha value is -2.49. The van der Waals surface area contributed by atoms with Crippen LogP contribution >= 0.6 is 0 Å². The summed E-state index contributed by atoms with van der Waals surface area (Å²) in [5, 5.41) is 8.72. The van der Waals surface area contributed by atoms with Crippen molar-refractivity contribution in [1.29, 1.82) is 0 Å². The van der Waals surface area contributed by atoms with Gasteiger partial charge < -0.3 is 14.6 Å². The highest BCUT2D eigenvalue weighted by Gasteiger charge is 2.04. The largest absolute Gasteiger partial charge is 0.493 e. The molecular weight excluding hydrogens is 268 g/mol. The van der Waals surface area contributed by atoms with Crippen molar-refractivity contribution in [1.82, 2.24) is 0 Å². The van der Waals surface area contributed by atoms with Crippen LogP contribution < -0.4 is 9.47 Å². The highest BCUT2D eigenvalue weighted by molar-refractivity contribution is 5.70. The summed E-state index contributed by atoms with van der Waals surface area (Å²) < 4.78 is 11.3. The molecule has 2 aromatic carbocycles. The Morgan fingerprint density at radius 2 is 1.76 bits per heavy atom. The number of hydrogen-bond donors (Lipinski definition) is 1. The summed E-state index contributed by atoms with van der Waals surface area (Å²) in [6.07, 6.45) is 0.0213. The number of benzene rings is 2. The van der Waals surface area contributed by atoms with Gasteiger partial charge in [-0.1, -0.05) is 30.3 Å². The van der Waals surface area contributed by atoms with E-state index in [2.05, 4.69) is 0 Å². The lowest BCUT2D eigenvalue weighted by atomic mass is 10.1. The molecule has 0 saturated heterocycles. The molecule has 0 aliphatic heterocycles. The third-order valence-electron chi connectivity index (χ3n) is 2.95. The van der Waals surface area contributed by atoms with Crippen LogP contribution in [-0.4, -0.2) is 17.7 Å². The first kappa shape index (κ1) is 14.9. The monoisotopic (exact) mass is 286 g/mol. The van der Waals surface area contributed by atoms with Gasteiger partial charge in [-0.15, -0.1) is 0 Å². The minimum atomic E-state index is -0.839. The Balaban J connectivity index is 1.98. The summed E-state index contributed by atoms with van der Waals surface area (Å²) in [6.45, 7) is 2.97. The van der Waals surface area contributed by atoms with Gasteiger partial charge >= 0.3 is 5.97 Å². The molecule has 0 saturated carbocycles. The predicted molar refractivity (Wildman–Crippen MR) is 79.7 cm³/mol. The quantitative estimate of drug-likeness (QED) is 0.848. The molecule has 0 spiro atoms. The summed E-state index contributed by atoms with van der Waals surface area (Å²) in [4.78, 5) is 10.6. The van der Waals surface area contributed by atoms with Gasteiger partial charge in [-0.05, 0) is 30.7 Å². The predicted octanol–water partition coefficient (Wildman–Crippen LogP) is 3.29. The average Bonchev–Trinajstić information content (AvgIpc) is 2.48. The zero-order valence-corrected chi connectivity index (χ0v) is 11.9. The number of carboxylic acid groups (broad SMARTS) is 1. The first-order chi connectivity index (χ1) is 10.2. The summed E-state index contributed by atoms with van der Waals surface area (Å²) in [5.74, 6) is 0.687. The van der Waals surface area contributed by atoms with Gasteiger partial charge in [0.15, 0.2) is 0 Å². The molecule has 0 unspecified atom stereocenters. The molecule has 0 atom stereocenters. The van der Waals surface area contributed by atoms with Crippen LogP contribution in [0.4, 0.5) is 0 Å². The van der Waals surface area contributed by atoms with Crippen molar-refractivity contribution in [2.45, 2.75) is 20.0 Å². The molecule has 0 bridgehead atoms. The summed E-state index contributed by atoms with van der Waals surface area (Å²) in [7, 11) is 0. The maximum atomic E-state index is 10.6. The van der Waals surface area contributed by atoms with Crippen LogP contribution in [0.5, 0.6) is 11.5 Å². The van der Waals surface area contributed by atoms with Gasteiger partial charge in [0.25, 0.3) is 0 Å². The molecule has 0 heterocycles. The Kier molecular flexibility index (Phi) is 5.21. The number of aliphatic carboxylic acids is 1. The van der Waals surface area contributed by atoms with E-state index in [0.717, 1.165) is 16.9 Å². The second-order valence-electron chi connectivity index (χ2n) is 4.54. The van der Waals surface area contributed by atoms with Crippen LogP contribution in [0.1, 0.15) is 18.1 Å². The zero-order valence-electron chi connectivity index (χ0n) is 11.9. The summed E-state index contributed by atoms with van der Waals surface area (Å²) in [6, 6.07) is 14.8. The fourth-order valence-corrected chi connectivity index (χ4v) is 1.96. The van der Waals surface area contributed by atoms with E-state index in [1.165, 1.54) is 0 Å². The molecule has 0 radical (unpaired) electrons. The van der Waals surface area contributed by atoms with Crippen molar-refractivity contribution in [3.05, 3.63) is 59.7 Å². The van der Waals surface area contributed by atoms with E-state index in [1.807, 2.05) is 31.2 Å². The van der Waals surface area contributed by atoms with E-state index < -0.39 is 5.97 Å². The second-order valence-corrected chi connectivity index (χ2v) is 4.54. The van der Waals surface area contributed by atoms with E-state index in [-0.39, 0.29) is 6.42 Å². The Bertz CT molecular complexity index is 590.